The fourth-order valence-corrected chi connectivity index (χ4v) is 5.04. The molecule has 2 N–H and O–H groups in total. The monoisotopic (exact) mass is 506 g/mol. The lowest BCUT2D eigenvalue weighted by Crippen LogP contribution is -2.47. The van der Waals surface area contributed by atoms with Crippen molar-refractivity contribution in [2.24, 2.45) is 11.8 Å². The normalized spacial score (nSPS) is 14.1. The number of nitrogens with zero attached hydrogens (tertiary/aromatic N) is 1. The fourth-order valence-electron chi connectivity index (χ4n) is 3.70. The maximum absolute atomic E-state index is 13.6. The fraction of sp³-hybridized carbons (Fsp3) is 0.333. The highest BCUT2D eigenvalue weighted by atomic mass is 35.5. The molecular formula is C24H24ClFN2O5S. The molecule has 34 heavy (non-hydrogen) atoms. The number of amides is 2. The third-order valence-corrected chi connectivity index (χ3v) is 6.84. The maximum Gasteiger partial charge on any atom is 0.305 e. The molecule has 0 saturated carbocycles. The van der Waals surface area contributed by atoms with Crippen LogP contribution in [0.25, 0.3) is 0 Å². The van der Waals surface area contributed by atoms with Gasteiger partial charge in [0, 0.05) is 27.2 Å². The van der Waals surface area contributed by atoms with Crippen LogP contribution in [0.2, 0.25) is 5.02 Å². The number of nitrogens with one attached hydrogen (secondary N) is 1. The number of hydrogen-bond donors (Lipinski definition) is 2. The Morgan fingerprint density at radius 3 is 2.38 bits per heavy atom. The van der Waals surface area contributed by atoms with Gasteiger partial charge in [0.05, 0.1) is 17.8 Å². The maximum atomic E-state index is 13.6. The summed E-state index contributed by atoms with van der Waals surface area (Å²) < 4.78 is 12.9. The first-order valence-corrected chi connectivity index (χ1v) is 11.8. The number of carbonyl (C=O) groups excluding carboxylic acids is 3. The van der Waals surface area contributed by atoms with E-state index in [1.54, 1.807) is 36.9 Å². The number of carboxylic acid groups (broad SMARTS) is 1. The minimum absolute atomic E-state index is 0.200. The molecule has 2 unspecified atom stereocenters. The summed E-state index contributed by atoms with van der Waals surface area (Å²) in [5.41, 5.74) is 1.31. The average Bonchev–Trinajstić information content (AvgIpc) is 2.79. The molecule has 0 aliphatic carbocycles. The molecule has 2 aromatic rings. The molecule has 0 bridgehead atoms. The molecule has 2 amide bonds. The van der Waals surface area contributed by atoms with Crippen LogP contribution in [0.5, 0.6) is 0 Å². The van der Waals surface area contributed by atoms with Gasteiger partial charge in [-0.15, -0.1) is 0 Å². The number of aliphatic carboxylic acids is 1. The van der Waals surface area contributed by atoms with Gasteiger partial charge >= 0.3 is 5.97 Å². The zero-order chi connectivity index (χ0) is 25.0. The van der Waals surface area contributed by atoms with Gasteiger partial charge in [0.1, 0.15) is 12.7 Å². The summed E-state index contributed by atoms with van der Waals surface area (Å²) in [7, 11) is 0. The highest BCUT2D eigenvalue weighted by molar-refractivity contribution is 7.99. The average molecular weight is 507 g/mol. The molecule has 0 spiro atoms. The Morgan fingerprint density at radius 1 is 1.06 bits per heavy atom. The van der Waals surface area contributed by atoms with Crippen molar-refractivity contribution in [2.75, 3.05) is 11.6 Å². The largest absolute Gasteiger partial charge is 0.481 e. The number of hydrogen-bond acceptors (Lipinski definition) is 5. The van der Waals surface area contributed by atoms with Crippen molar-refractivity contribution in [3.8, 4) is 0 Å². The molecule has 7 nitrogen and oxygen atoms in total. The van der Waals surface area contributed by atoms with Crippen LogP contribution in [-0.4, -0.2) is 41.4 Å². The van der Waals surface area contributed by atoms with E-state index in [0.717, 1.165) is 9.79 Å². The van der Waals surface area contributed by atoms with Crippen molar-refractivity contribution >= 4 is 58.3 Å². The Morgan fingerprint density at radius 2 is 1.74 bits per heavy atom. The number of para-hydroxylation sites is 1. The van der Waals surface area contributed by atoms with Crippen LogP contribution in [0.15, 0.2) is 52.3 Å². The lowest BCUT2D eigenvalue weighted by atomic mass is 9.90. The van der Waals surface area contributed by atoms with Gasteiger partial charge in [-0.1, -0.05) is 49.3 Å². The number of fused-ring (bicyclic) bond motifs is 2. The Balaban J connectivity index is 1.88. The van der Waals surface area contributed by atoms with Crippen LogP contribution in [0, 0.1) is 11.8 Å². The lowest BCUT2D eigenvalue weighted by molar-refractivity contribution is -0.141. The zero-order valence-corrected chi connectivity index (χ0v) is 20.2. The number of alkyl halides is 1. The van der Waals surface area contributed by atoms with Gasteiger partial charge < -0.3 is 10.4 Å². The molecule has 0 fully saturated rings. The third-order valence-electron chi connectivity index (χ3n) is 5.49. The van der Waals surface area contributed by atoms with Crippen molar-refractivity contribution in [3.63, 3.8) is 0 Å². The molecule has 10 heteroatoms. The number of halogens is 2. The molecule has 3 rings (SSSR count). The summed E-state index contributed by atoms with van der Waals surface area (Å²) in [6, 6.07) is 11.1. The Kier molecular flexibility index (Phi) is 8.33. The second-order valence-corrected chi connectivity index (χ2v) is 9.74. The van der Waals surface area contributed by atoms with Crippen molar-refractivity contribution in [2.45, 2.75) is 42.5 Å². The predicted molar refractivity (Wildman–Crippen MR) is 127 cm³/mol. The molecule has 1 heterocycles. The lowest BCUT2D eigenvalue weighted by Gasteiger charge is -2.32. The first-order chi connectivity index (χ1) is 16.1. The molecule has 0 radical (unpaired) electrons. The summed E-state index contributed by atoms with van der Waals surface area (Å²) in [5.74, 6) is -4.58. The highest BCUT2D eigenvalue weighted by Gasteiger charge is 2.34. The minimum Gasteiger partial charge on any atom is -0.481 e. The number of rotatable bonds is 9. The topological polar surface area (TPSA) is 104 Å². The highest BCUT2D eigenvalue weighted by Crippen LogP contribution is 2.49. The van der Waals surface area contributed by atoms with Crippen LogP contribution in [0.3, 0.4) is 0 Å². The summed E-state index contributed by atoms with van der Waals surface area (Å²) >= 11 is 7.64. The van der Waals surface area contributed by atoms with E-state index in [4.69, 9.17) is 16.7 Å². The van der Waals surface area contributed by atoms with E-state index in [0.29, 0.717) is 16.4 Å². The Hall–Kier alpha value is -2.91. The van der Waals surface area contributed by atoms with Gasteiger partial charge in [0.15, 0.2) is 5.78 Å². The van der Waals surface area contributed by atoms with E-state index in [2.05, 4.69) is 5.32 Å². The molecule has 1 aliphatic heterocycles. The Labute approximate surface area is 205 Å². The van der Waals surface area contributed by atoms with E-state index in [1.807, 2.05) is 24.3 Å². The van der Waals surface area contributed by atoms with Gasteiger partial charge in [-0.25, -0.2) is 4.39 Å². The SMILES string of the molecule is CC(C)C(CC(=O)N1c2ccccc2Sc2cc(Cl)ccc21)C(=O)NC(CC(=O)O)C(=O)CF. The van der Waals surface area contributed by atoms with Gasteiger partial charge in [0.25, 0.3) is 0 Å². The number of Topliss-reactive ketones (excluding diaryl/α,β-unsaturated/α-hetero) is 1. The third kappa shape index (κ3) is 5.77. The van der Waals surface area contributed by atoms with E-state index < -0.39 is 42.7 Å². The van der Waals surface area contributed by atoms with E-state index in [-0.39, 0.29) is 18.2 Å². The molecule has 0 saturated heterocycles. The number of anilines is 2. The number of benzene rings is 2. The molecule has 2 atom stereocenters. The van der Waals surface area contributed by atoms with Gasteiger partial charge in [-0.2, -0.15) is 0 Å². The van der Waals surface area contributed by atoms with Crippen LogP contribution in [0.1, 0.15) is 26.7 Å². The van der Waals surface area contributed by atoms with Gasteiger partial charge in [0.2, 0.25) is 11.8 Å². The van der Waals surface area contributed by atoms with E-state index >= 15 is 0 Å². The number of ketones is 1. The van der Waals surface area contributed by atoms with Crippen molar-refractivity contribution < 1.29 is 28.7 Å². The zero-order valence-electron chi connectivity index (χ0n) is 18.6. The smallest absolute Gasteiger partial charge is 0.305 e. The Bertz CT molecular complexity index is 1130. The predicted octanol–water partition coefficient (Wildman–Crippen LogP) is 4.63. The van der Waals surface area contributed by atoms with Crippen LogP contribution in [0.4, 0.5) is 15.8 Å². The van der Waals surface area contributed by atoms with E-state index in [1.165, 1.54) is 11.8 Å². The van der Waals surface area contributed by atoms with Crippen molar-refractivity contribution in [1.29, 1.82) is 0 Å². The minimum atomic E-state index is -1.50. The molecular weight excluding hydrogens is 483 g/mol. The van der Waals surface area contributed by atoms with Crippen molar-refractivity contribution in [3.05, 3.63) is 47.5 Å². The first-order valence-electron chi connectivity index (χ1n) is 10.6. The summed E-state index contributed by atoms with van der Waals surface area (Å²) in [6.07, 6.45) is -0.938. The number of carbonyl (C=O) groups is 4. The van der Waals surface area contributed by atoms with Crippen LogP contribution >= 0.6 is 23.4 Å². The summed E-state index contributed by atoms with van der Waals surface area (Å²) in [6.45, 7) is 2.09. The molecule has 2 aromatic carbocycles. The quantitative estimate of drug-likeness (QED) is 0.514. The summed E-state index contributed by atoms with van der Waals surface area (Å²) in [4.78, 5) is 52.6. The molecule has 180 valence electrons. The van der Waals surface area contributed by atoms with Crippen LogP contribution < -0.4 is 10.2 Å². The first kappa shape index (κ1) is 25.7. The number of carboxylic acids is 1. The van der Waals surface area contributed by atoms with Gasteiger partial charge in [-0.3, -0.25) is 24.1 Å². The summed E-state index contributed by atoms with van der Waals surface area (Å²) in [5, 5.41) is 11.9. The second-order valence-electron chi connectivity index (χ2n) is 8.22. The molecule has 0 aromatic heterocycles. The molecule has 1 aliphatic rings. The van der Waals surface area contributed by atoms with E-state index in [9.17, 15) is 23.6 Å². The van der Waals surface area contributed by atoms with Gasteiger partial charge in [-0.05, 0) is 36.2 Å². The standard InChI is InChI=1S/C24H24ClFN2O5S/c1-13(2)15(24(33)27-16(11-23(31)32)19(29)12-26)10-22(30)28-17-5-3-4-6-20(17)34-21-9-14(25)7-8-18(21)28/h3-9,13,15-16H,10-12H2,1-2H3,(H,27,33)(H,31,32). The second kappa shape index (κ2) is 11.0. The van der Waals surface area contributed by atoms with Crippen LogP contribution in [-0.2, 0) is 19.2 Å². The van der Waals surface area contributed by atoms with Crippen molar-refractivity contribution in [1.82, 2.24) is 5.32 Å².